The van der Waals surface area contributed by atoms with Gasteiger partial charge in [0, 0.05) is 17.2 Å². The van der Waals surface area contributed by atoms with Crippen LogP contribution in [0.15, 0.2) is 34.9 Å². The molecular weight excluding hydrogens is 335 g/mol. The zero-order valence-electron chi connectivity index (χ0n) is 10.7. The number of alkyl halides is 3. The van der Waals surface area contributed by atoms with Gasteiger partial charge in [0.2, 0.25) is 0 Å². The monoisotopic (exact) mass is 347 g/mol. The van der Waals surface area contributed by atoms with E-state index in [4.69, 9.17) is 0 Å². The van der Waals surface area contributed by atoms with Crippen LogP contribution in [-0.4, -0.2) is 16.8 Å². The molecule has 0 fully saturated rings. The highest BCUT2D eigenvalue weighted by Gasteiger charge is 2.33. The molecule has 0 aliphatic carbocycles. The lowest BCUT2D eigenvalue weighted by Crippen LogP contribution is -2.09. The fourth-order valence-corrected chi connectivity index (χ4v) is 2.36. The normalized spacial score (nSPS) is 11.8. The summed E-state index contributed by atoms with van der Waals surface area (Å²) in [6.07, 6.45) is -3.07. The van der Waals surface area contributed by atoms with Crippen molar-refractivity contribution in [2.75, 3.05) is 7.05 Å². The molecule has 0 bridgehead atoms. The van der Waals surface area contributed by atoms with Crippen LogP contribution in [-0.2, 0) is 19.3 Å². The van der Waals surface area contributed by atoms with Gasteiger partial charge in [-0.1, -0.05) is 28.1 Å². The predicted molar refractivity (Wildman–Crippen MR) is 73.2 cm³/mol. The summed E-state index contributed by atoms with van der Waals surface area (Å²) in [5.41, 5.74) is 1.10. The van der Waals surface area contributed by atoms with E-state index < -0.39 is 11.9 Å². The van der Waals surface area contributed by atoms with Crippen LogP contribution in [0.2, 0.25) is 0 Å². The Bertz CT molecular complexity index is 593. The zero-order chi connectivity index (χ0) is 14.8. The summed E-state index contributed by atoms with van der Waals surface area (Å²) in [5, 5.41) is 6.57. The molecule has 1 N–H and O–H groups in total. The van der Waals surface area contributed by atoms with Crippen molar-refractivity contribution in [3.8, 4) is 0 Å². The van der Waals surface area contributed by atoms with Crippen molar-refractivity contribution < 1.29 is 13.2 Å². The number of hydrogen-bond donors (Lipinski definition) is 1. The maximum Gasteiger partial charge on any atom is 0.435 e. The van der Waals surface area contributed by atoms with Crippen LogP contribution in [0.3, 0.4) is 0 Å². The zero-order valence-corrected chi connectivity index (χ0v) is 12.3. The van der Waals surface area contributed by atoms with Crippen LogP contribution >= 0.6 is 15.9 Å². The van der Waals surface area contributed by atoms with Gasteiger partial charge in [-0.3, -0.25) is 4.68 Å². The van der Waals surface area contributed by atoms with Crippen molar-refractivity contribution >= 4 is 15.9 Å². The Kier molecular flexibility index (Phi) is 4.49. The quantitative estimate of drug-likeness (QED) is 0.918. The standard InChI is InChI=1S/C13H13BrF3N3/c1-18-7-9-2-3-10(11(14)6-9)8-20-5-4-12(19-20)13(15,16)17/h2-6,18H,7-8H2,1H3. The lowest BCUT2D eigenvalue weighted by atomic mass is 10.1. The SMILES string of the molecule is CNCc1ccc(Cn2ccc(C(F)(F)F)n2)c(Br)c1. The molecule has 7 heteroatoms. The van der Waals surface area contributed by atoms with Crippen molar-refractivity contribution in [2.45, 2.75) is 19.3 Å². The van der Waals surface area contributed by atoms with E-state index in [2.05, 4.69) is 26.3 Å². The van der Waals surface area contributed by atoms with Crippen molar-refractivity contribution in [1.82, 2.24) is 15.1 Å². The summed E-state index contributed by atoms with van der Waals surface area (Å²) in [6.45, 7) is 1.02. The topological polar surface area (TPSA) is 29.9 Å². The van der Waals surface area contributed by atoms with Crippen LogP contribution in [0.1, 0.15) is 16.8 Å². The molecule has 0 spiro atoms. The Morgan fingerprint density at radius 3 is 2.60 bits per heavy atom. The number of halogens is 4. The summed E-state index contributed by atoms with van der Waals surface area (Å²) in [6, 6.07) is 6.74. The lowest BCUT2D eigenvalue weighted by molar-refractivity contribution is -0.141. The number of aromatic nitrogens is 2. The predicted octanol–water partition coefficient (Wildman–Crippen LogP) is 3.43. The average molecular weight is 348 g/mol. The van der Waals surface area contributed by atoms with Gasteiger partial charge in [-0.25, -0.2) is 0 Å². The van der Waals surface area contributed by atoms with Crippen molar-refractivity contribution in [3.05, 3.63) is 51.8 Å². The van der Waals surface area contributed by atoms with Gasteiger partial charge >= 0.3 is 6.18 Å². The average Bonchev–Trinajstić information content (AvgIpc) is 2.81. The third-order valence-corrected chi connectivity index (χ3v) is 3.50. The number of nitrogens with one attached hydrogen (secondary N) is 1. The molecule has 1 heterocycles. The summed E-state index contributed by atoms with van der Waals surface area (Å²) in [5.74, 6) is 0. The Balaban J connectivity index is 2.16. The minimum absolute atomic E-state index is 0.288. The molecule has 0 amide bonds. The summed E-state index contributed by atoms with van der Waals surface area (Å²) < 4.78 is 39.5. The molecule has 3 nitrogen and oxygen atoms in total. The first-order chi connectivity index (χ1) is 9.40. The molecule has 1 aromatic heterocycles. The van der Waals surface area contributed by atoms with Gasteiger partial charge in [0.15, 0.2) is 5.69 Å². The molecule has 0 atom stereocenters. The molecule has 0 aliphatic rings. The second-order valence-corrected chi connectivity index (χ2v) is 5.21. The third kappa shape index (κ3) is 3.61. The number of nitrogens with zero attached hydrogens (tertiary/aromatic N) is 2. The molecule has 0 saturated carbocycles. The first-order valence-electron chi connectivity index (χ1n) is 5.92. The van der Waals surface area contributed by atoms with Gasteiger partial charge in [0.1, 0.15) is 0 Å². The first-order valence-corrected chi connectivity index (χ1v) is 6.72. The molecule has 0 radical (unpaired) electrons. The molecule has 0 unspecified atom stereocenters. The molecule has 1 aromatic carbocycles. The third-order valence-electron chi connectivity index (χ3n) is 2.76. The number of rotatable bonds is 4. The molecule has 0 aliphatic heterocycles. The number of benzene rings is 1. The maximum atomic E-state index is 12.5. The van der Waals surface area contributed by atoms with E-state index in [1.807, 2.05) is 25.2 Å². The fourth-order valence-electron chi connectivity index (χ4n) is 1.81. The van der Waals surface area contributed by atoms with Gasteiger partial charge < -0.3 is 5.32 Å². The van der Waals surface area contributed by atoms with Gasteiger partial charge in [-0.15, -0.1) is 0 Å². The van der Waals surface area contributed by atoms with Crippen LogP contribution in [0.4, 0.5) is 13.2 Å². The van der Waals surface area contributed by atoms with Gasteiger partial charge in [-0.05, 0) is 30.3 Å². The Labute approximate surface area is 122 Å². The van der Waals surface area contributed by atoms with Crippen LogP contribution < -0.4 is 5.32 Å². The van der Waals surface area contributed by atoms with E-state index in [9.17, 15) is 13.2 Å². The van der Waals surface area contributed by atoms with Crippen molar-refractivity contribution in [2.24, 2.45) is 0 Å². The summed E-state index contributed by atoms with van der Waals surface area (Å²) in [4.78, 5) is 0. The number of hydrogen-bond acceptors (Lipinski definition) is 2. The molecule has 20 heavy (non-hydrogen) atoms. The maximum absolute atomic E-state index is 12.5. The van der Waals surface area contributed by atoms with E-state index >= 15 is 0 Å². The minimum Gasteiger partial charge on any atom is -0.316 e. The summed E-state index contributed by atoms with van der Waals surface area (Å²) in [7, 11) is 1.85. The van der Waals surface area contributed by atoms with Crippen LogP contribution in [0.5, 0.6) is 0 Å². The Morgan fingerprint density at radius 1 is 1.30 bits per heavy atom. The highest BCUT2D eigenvalue weighted by atomic mass is 79.9. The first kappa shape index (κ1) is 15.1. The summed E-state index contributed by atoms with van der Waals surface area (Å²) >= 11 is 3.43. The largest absolute Gasteiger partial charge is 0.435 e. The highest BCUT2D eigenvalue weighted by molar-refractivity contribution is 9.10. The molecule has 2 rings (SSSR count). The second kappa shape index (κ2) is 5.97. The second-order valence-electron chi connectivity index (χ2n) is 4.35. The van der Waals surface area contributed by atoms with E-state index in [0.29, 0.717) is 0 Å². The molecule has 108 valence electrons. The Morgan fingerprint density at radius 2 is 2.05 bits per heavy atom. The van der Waals surface area contributed by atoms with Crippen LogP contribution in [0, 0.1) is 0 Å². The minimum atomic E-state index is -4.40. The molecule has 2 aromatic rings. The van der Waals surface area contributed by atoms with Gasteiger partial charge in [0.25, 0.3) is 0 Å². The van der Waals surface area contributed by atoms with E-state index in [1.165, 1.54) is 10.9 Å². The van der Waals surface area contributed by atoms with Crippen molar-refractivity contribution in [1.29, 1.82) is 0 Å². The molecular formula is C13H13BrF3N3. The van der Waals surface area contributed by atoms with E-state index in [-0.39, 0.29) is 6.54 Å². The van der Waals surface area contributed by atoms with Crippen molar-refractivity contribution in [3.63, 3.8) is 0 Å². The Hall–Kier alpha value is -1.34. The fraction of sp³-hybridized carbons (Fsp3) is 0.308. The highest BCUT2D eigenvalue weighted by Crippen LogP contribution is 2.27. The smallest absolute Gasteiger partial charge is 0.316 e. The van der Waals surface area contributed by atoms with E-state index in [0.717, 1.165) is 28.2 Å². The molecule has 0 saturated heterocycles. The van der Waals surface area contributed by atoms with E-state index in [1.54, 1.807) is 0 Å². The van der Waals surface area contributed by atoms with Gasteiger partial charge in [0.05, 0.1) is 6.54 Å². The van der Waals surface area contributed by atoms with Gasteiger partial charge in [-0.2, -0.15) is 18.3 Å². The lowest BCUT2D eigenvalue weighted by Gasteiger charge is -2.08. The van der Waals surface area contributed by atoms with Crippen LogP contribution in [0.25, 0.3) is 0 Å².